The van der Waals surface area contributed by atoms with Gasteiger partial charge in [-0.25, -0.2) is 18.4 Å². The quantitative estimate of drug-likeness (QED) is 0.430. The number of H-pyrrole nitrogens is 1. The number of anilines is 1. The number of halogens is 1. The monoisotopic (exact) mass is 454 g/mol. The van der Waals surface area contributed by atoms with Crippen LogP contribution >= 0.6 is 11.6 Å². The maximum atomic E-state index is 13.5. The highest BCUT2D eigenvalue weighted by atomic mass is 35.5. The molecule has 7 nitrogen and oxygen atoms in total. The van der Waals surface area contributed by atoms with Crippen LogP contribution in [0.4, 0.5) is 5.69 Å². The minimum atomic E-state index is -3.97. The Labute approximate surface area is 184 Å². The van der Waals surface area contributed by atoms with Crippen LogP contribution in [-0.2, 0) is 10.0 Å². The van der Waals surface area contributed by atoms with Crippen LogP contribution in [0.15, 0.2) is 53.8 Å². The van der Waals surface area contributed by atoms with Crippen LogP contribution in [0.5, 0.6) is 0 Å². The smallest absolute Gasteiger partial charge is 0.261 e. The first-order valence-electron chi connectivity index (χ1n) is 9.40. The number of nitrogens with zero attached hydrogens (tertiary/aromatic N) is 2. The van der Waals surface area contributed by atoms with Gasteiger partial charge >= 0.3 is 0 Å². The zero-order valence-corrected chi connectivity index (χ0v) is 18.6. The van der Waals surface area contributed by atoms with E-state index in [4.69, 9.17) is 11.6 Å². The van der Waals surface area contributed by atoms with Gasteiger partial charge in [-0.1, -0.05) is 17.7 Å². The Kier molecular flexibility index (Phi) is 5.28. The number of carbonyl (C=O) groups excluding carboxylic acids is 1. The molecule has 0 radical (unpaired) electrons. The molecule has 158 valence electrons. The van der Waals surface area contributed by atoms with E-state index in [2.05, 4.69) is 19.7 Å². The Morgan fingerprint density at radius 3 is 2.52 bits per heavy atom. The van der Waals surface area contributed by atoms with Crippen molar-refractivity contribution < 1.29 is 13.2 Å². The van der Waals surface area contributed by atoms with Gasteiger partial charge in [-0.15, -0.1) is 0 Å². The van der Waals surface area contributed by atoms with Crippen molar-refractivity contribution >= 4 is 44.1 Å². The SMILES string of the molecule is Cc1ccc(S(=O)(=O)Nc2cc(Cl)cnc2C(=O)c2c(C)cnc3[nH]ccc23)cc1C. The number of carbonyl (C=O) groups is 1. The number of benzene rings is 1. The third kappa shape index (κ3) is 3.92. The summed E-state index contributed by atoms with van der Waals surface area (Å²) in [5.41, 5.74) is 3.38. The maximum Gasteiger partial charge on any atom is 0.261 e. The molecule has 1 aromatic carbocycles. The molecule has 0 unspecified atom stereocenters. The van der Waals surface area contributed by atoms with Crippen LogP contribution in [0, 0.1) is 20.8 Å². The van der Waals surface area contributed by atoms with Gasteiger partial charge in [0, 0.05) is 29.5 Å². The van der Waals surface area contributed by atoms with E-state index in [0.717, 1.165) is 11.1 Å². The predicted molar refractivity (Wildman–Crippen MR) is 120 cm³/mol. The molecule has 4 aromatic rings. The minimum Gasteiger partial charge on any atom is -0.346 e. The Morgan fingerprint density at radius 2 is 1.77 bits per heavy atom. The molecule has 3 aromatic heterocycles. The largest absolute Gasteiger partial charge is 0.346 e. The van der Waals surface area contributed by atoms with E-state index in [9.17, 15) is 13.2 Å². The van der Waals surface area contributed by atoms with Gasteiger partial charge < -0.3 is 4.98 Å². The van der Waals surface area contributed by atoms with Crippen LogP contribution < -0.4 is 4.72 Å². The van der Waals surface area contributed by atoms with Gasteiger partial charge in [-0.05, 0) is 61.7 Å². The van der Waals surface area contributed by atoms with E-state index in [-0.39, 0.29) is 21.3 Å². The lowest BCUT2D eigenvalue weighted by atomic mass is 10.0. The van der Waals surface area contributed by atoms with E-state index < -0.39 is 15.8 Å². The highest BCUT2D eigenvalue weighted by Gasteiger charge is 2.24. The fraction of sp³-hybridized carbons (Fsp3) is 0.136. The summed E-state index contributed by atoms with van der Waals surface area (Å²) in [5.74, 6) is -0.432. The number of hydrogen-bond acceptors (Lipinski definition) is 5. The number of hydrogen-bond donors (Lipinski definition) is 2. The van der Waals surface area contributed by atoms with Crippen molar-refractivity contribution in [3.8, 4) is 0 Å². The van der Waals surface area contributed by atoms with Gasteiger partial charge in [0.15, 0.2) is 0 Å². The first-order valence-corrected chi connectivity index (χ1v) is 11.3. The standard InChI is InChI=1S/C22H19ClN4O3S/c1-12-4-5-16(8-13(12)2)31(29,30)27-18-9-15(23)11-25-20(18)21(28)19-14(3)10-26-22-17(19)6-7-24-22/h4-11,27H,1-3H3,(H,24,26). The number of sulfonamides is 1. The third-order valence-electron chi connectivity index (χ3n) is 5.11. The summed E-state index contributed by atoms with van der Waals surface area (Å²) in [7, 11) is -3.97. The first kappa shape index (κ1) is 21.0. The fourth-order valence-electron chi connectivity index (χ4n) is 3.31. The Bertz CT molecular complexity index is 1440. The number of pyridine rings is 2. The second kappa shape index (κ2) is 7.79. The van der Waals surface area contributed by atoms with E-state index in [1.165, 1.54) is 18.3 Å². The molecular formula is C22H19ClN4O3S. The van der Waals surface area contributed by atoms with Crippen molar-refractivity contribution in [2.45, 2.75) is 25.7 Å². The van der Waals surface area contributed by atoms with Crippen LogP contribution in [-0.4, -0.2) is 29.2 Å². The lowest BCUT2D eigenvalue weighted by molar-refractivity contribution is 0.103. The minimum absolute atomic E-state index is 0.00984. The number of ketones is 1. The zero-order chi connectivity index (χ0) is 22.3. The van der Waals surface area contributed by atoms with E-state index in [0.29, 0.717) is 22.2 Å². The predicted octanol–water partition coefficient (Wildman–Crippen LogP) is 4.57. The van der Waals surface area contributed by atoms with Crippen molar-refractivity contribution in [2.75, 3.05) is 4.72 Å². The number of aromatic nitrogens is 3. The number of nitrogens with one attached hydrogen (secondary N) is 2. The lowest BCUT2D eigenvalue weighted by Gasteiger charge is -2.14. The molecule has 4 rings (SSSR count). The molecule has 0 aliphatic carbocycles. The Morgan fingerprint density at radius 1 is 1.00 bits per heavy atom. The van der Waals surface area contributed by atoms with Crippen molar-refractivity contribution in [1.29, 1.82) is 0 Å². The van der Waals surface area contributed by atoms with Crippen molar-refractivity contribution in [3.63, 3.8) is 0 Å². The van der Waals surface area contributed by atoms with Gasteiger partial charge in [0.1, 0.15) is 11.3 Å². The van der Waals surface area contributed by atoms with Gasteiger partial charge in [0.25, 0.3) is 10.0 Å². The lowest BCUT2D eigenvalue weighted by Crippen LogP contribution is -2.17. The van der Waals surface area contributed by atoms with E-state index in [1.807, 2.05) is 13.8 Å². The number of rotatable bonds is 5. The summed E-state index contributed by atoms with van der Waals surface area (Å²) in [4.78, 5) is 24.9. The average molecular weight is 455 g/mol. The summed E-state index contributed by atoms with van der Waals surface area (Å²) in [6, 6.07) is 7.95. The average Bonchev–Trinajstić information content (AvgIpc) is 3.18. The van der Waals surface area contributed by atoms with Crippen molar-refractivity contribution in [3.05, 3.63) is 81.9 Å². The summed E-state index contributed by atoms with van der Waals surface area (Å²) >= 11 is 6.07. The zero-order valence-electron chi connectivity index (χ0n) is 17.0. The van der Waals surface area contributed by atoms with Crippen molar-refractivity contribution in [1.82, 2.24) is 15.0 Å². The van der Waals surface area contributed by atoms with E-state index >= 15 is 0 Å². The molecule has 31 heavy (non-hydrogen) atoms. The molecular weight excluding hydrogens is 436 g/mol. The van der Waals surface area contributed by atoms with Gasteiger partial charge in [0.2, 0.25) is 5.78 Å². The van der Waals surface area contributed by atoms with Gasteiger partial charge in [-0.2, -0.15) is 0 Å². The van der Waals surface area contributed by atoms with Crippen LogP contribution in [0.2, 0.25) is 5.02 Å². The number of aromatic amines is 1. The molecule has 0 aliphatic rings. The topological polar surface area (TPSA) is 105 Å². The molecule has 0 bridgehead atoms. The van der Waals surface area contributed by atoms with Crippen LogP contribution in [0.3, 0.4) is 0 Å². The molecule has 0 saturated heterocycles. The molecule has 9 heteroatoms. The molecule has 0 fully saturated rings. The van der Waals surface area contributed by atoms with Crippen LogP contribution in [0.25, 0.3) is 11.0 Å². The number of fused-ring (bicyclic) bond motifs is 1. The second-order valence-corrected chi connectivity index (χ2v) is 9.41. The summed E-state index contributed by atoms with van der Waals surface area (Å²) in [6.45, 7) is 5.50. The molecule has 3 heterocycles. The molecule has 0 atom stereocenters. The molecule has 0 amide bonds. The van der Waals surface area contributed by atoms with Gasteiger partial charge in [-0.3, -0.25) is 9.52 Å². The molecule has 0 saturated carbocycles. The molecule has 0 aliphatic heterocycles. The Balaban J connectivity index is 1.81. The highest BCUT2D eigenvalue weighted by Crippen LogP contribution is 2.28. The maximum absolute atomic E-state index is 13.5. The molecule has 0 spiro atoms. The fourth-order valence-corrected chi connectivity index (χ4v) is 4.61. The first-order chi connectivity index (χ1) is 14.7. The van der Waals surface area contributed by atoms with Crippen LogP contribution in [0.1, 0.15) is 32.7 Å². The van der Waals surface area contributed by atoms with Crippen molar-refractivity contribution in [2.24, 2.45) is 0 Å². The summed E-state index contributed by atoms with van der Waals surface area (Å²) in [6.07, 6.45) is 4.58. The number of aryl methyl sites for hydroxylation is 3. The summed E-state index contributed by atoms with van der Waals surface area (Å²) < 4.78 is 28.5. The van der Waals surface area contributed by atoms with Gasteiger partial charge in [0.05, 0.1) is 15.6 Å². The Hall–Kier alpha value is -3.23. The second-order valence-electron chi connectivity index (χ2n) is 7.29. The van der Waals surface area contributed by atoms with E-state index in [1.54, 1.807) is 37.5 Å². The highest BCUT2D eigenvalue weighted by molar-refractivity contribution is 7.92. The third-order valence-corrected chi connectivity index (χ3v) is 6.68. The summed E-state index contributed by atoms with van der Waals surface area (Å²) in [5, 5.41) is 0.831. The normalized spacial score (nSPS) is 11.6. The molecule has 2 N–H and O–H groups in total.